The molecule has 0 unspecified atom stereocenters. The molecule has 0 radical (unpaired) electrons. The molecule has 0 fully saturated rings. The van der Waals surface area contributed by atoms with Gasteiger partial charge in [0.15, 0.2) is 0 Å². The van der Waals surface area contributed by atoms with E-state index in [9.17, 15) is 9.18 Å². The summed E-state index contributed by atoms with van der Waals surface area (Å²) < 4.78 is 18.4. The Kier molecular flexibility index (Phi) is 4.53. The van der Waals surface area contributed by atoms with Gasteiger partial charge in [0, 0.05) is 12.1 Å². The van der Waals surface area contributed by atoms with Crippen LogP contribution in [0.1, 0.15) is 22.2 Å². The van der Waals surface area contributed by atoms with Crippen molar-refractivity contribution in [2.75, 3.05) is 20.6 Å². The SMILES string of the molecule is CN(C)[C@@H](CNC(=O)c1cccc(F)c1)c1ccco1. The molecule has 0 aliphatic rings. The van der Waals surface area contributed by atoms with E-state index in [1.165, 1.54) is 18.2 Å². The van der Waals surface area contributed by atoms with E-state index in [1.807, 2.05) is 25.1 Å². The molecule has 106 valence electrons. The first-order chi connectivity index (χ1) is 9.58. The lowest BCUT2D eigenvalue weighted by Crippen LogP contribution is -2.34. The summed E-state index contributed by atoms with van der Waals surface area (Å²) in [5, 5.41) is 2.79. The zero-order chi connectivity index (χ0) is 14.5. The number of benzene rings is 1. The van der Waals surface area contributed by atoms with E-state index in [-0.39, 0.29) is 11.9 Å². The zero-order valence-corrected chi connectivity index (χ0v) is 11.5. The molecular weight excluding hydrogens is 259 g/mol. The topological polar surface area (TPSA) is 45.5 Å². The van der Waals surface area contributed by atoms with E-state index < -0.39 is 5.82 Å². The van der Waals surface area contributed by atoms with Crippen molar-refractivity contribution in [1.29, 1.82) is 0 Å². The Morgan fingerprint density at radius 1 is 1.35 bits per heavy atom. The molecule has 2 aromatic rings. The fourth-order valence-electron chi connectivity index (χ4n) is 1.94. The van der Waals surface area contributed by atoms with Crippen LogP contribution in [0, 0.1) is 5.82 Å². The van der Waals surface area contributed by atoms with Gasteiger partial charge in [-0.3, -0.25) is 9.69 Å². The van der Waals surface area contributed by atoms with E-state index in [2.05, 4.69) is 5.32 Å². The lowest BCUT2D eigenvalue weighted by atomic mass is 10.1. The quantitative estimate of drug-likeness (QED) is 0.912. The van der Waals surface area contributed by atoms with E-state index in [0.717, 1.165) is 5.76 Å². The first-order valence-corrected chi connectivity index (χ1v) is 6.31. The number of hydrogen-bond acceptors (Lipinski definition) is 3. The average molecular weight is 276 g/mol. The number of rotatable bonds is 5. The minimum absolute atomic E-state index is 0.0671. The van der Waals surface area contributed by atoms with Gasteiger partial charge in [0.05, 0.1) is 12.3 Å². The summed E-state index contributed by atoms with van der Waals surface area (Å²) in [6, 6.07) is 9.22. The third kappa shape index (κ3) is 3.45. The molecule has 1 atom stereocenters. The minimum atomic E-state index is -0.423. The van der Waals surface area contributed by atoms with Crippen LogP contribution < -0.4 is 5.32 Å². The van der Waals surface area contributed by atoms with Crippen molar-refractivity contribution in [3.8, 4) is 0 Å². The van der Waals surface area contributed by atoms with Gasteiger partial charge < -0.3 is 9.73 Å². The Morgan fingerprint density at radius 2 is 2.15 bits per heavy atom. The van der Waals surface area contributed by atoms with Crippen LogP contribution in [-0.4, -0.2) is 31.4 Å². The Bertz CT molecular complexity index is 567. The fraction of sp³-hybridized carbons (Fsp3) is 0.267. The monoisotopic (exact) mass is 276 g/mol. The summed E-state index contributed by atoms with van der Waals surface area (Å²) in [5.41, 5.74) is 0.307. The predicted molar refractivity (Wildman–Crippen MR) is 73.9 cm³/mol. The number of carbonyl (C=O) groups excluding carboxylic acids is 1. The van der Waals surface area contributed by atoms with Crippen molar-refractivity contribution in [1.82, 2.24) is 10.2 Å². The van der Waals surface area contributed by atoms with Crippen LogP contribution >= 0.6 is 0 Å². The standard InChI is InChI=1S/C15H17FN2O2/c1-18(2)13(14-7-4-8-20-14)10-17-15(19)11-5-3-6-12(16)9-11/h3-9,13H,10H2,1-2H3,(H,17,19)/t13-/m0/s1. The lowest BCUT2D eigenvalue weighted by Gasteiger charge is -2.22. The number of nitrogens with zero attached hydrogens (tertiary/aromatic N) is 1. The van der Waals surface area contributed by atoms with Gasteiger partial charge in [-0.2, -0.15) is 0 Å². The molecule has 0 bridgehead atoms. The van der Waals surface area contributed by atoms with Gasteiger partial charge in [0.2, 0.25) is 0 Å². The number of hydrogen-bond donors (Lipinski definition) is 1. The summed E-state index contributed by atoms with van der Waals surface area (Å²) >= 11 is 0. The van der Waals surface area contributed by atoms with Crippen LogP contribution in [0.2, 0.25) is 0 Å². The fourth-order valence-corrected chi connectivity index (χ4v) is 1.94. The van der Waals surface area contributed by atoms with Crippen LogP contribution in [0.5, 0.6) is 0 Å². The number of carbonyl (C=O) groups is 1. The van der Waals surface area contributed by atoms with Gasteiger partial charge in [-0.05, 0) is 44.4 Å². The molecule has 1 heterocycles. The molecule has 0 saturated carbocycles. The van der Waals surface area contributed by atoms with Crippen LogP contribution in [0.25, 0.3) is 0 Å². The highest BCUT2D eigenvalue weighted by Crippen LogP contribution is 2.17. The normalized spacial score (nSPS) is 12.4. The Balaban J connectivity index is 2.01. The Hall–Kier alpha value is -2.14. The number of amides is 1. The highest BCUT2D eigenvalue weighted by Gasteiger charge is 2.18. The van der Waals surface area contributed by atoms with Crippen LogP contribution in [0.3, 0.4) is 0 Å². The van der Waals surface area contributed by atoms with Crippen molar-refractivity contribution in [3.63, 3.8) is 0 Å². The molecule has 5 heteroatoms. The molecule has 4 nitrogen and oxygen atoms in total. The first-order valence-electron chi connectivity index (χ1n) is 6.31. The van der Waals surface area contributed by atoms with Crippen molar-refractivity contribution in [3.05, 3.63) is 59.8 Å². The molecule has 1 N–H and O–H groups in total. The first kappa shape index (κ1) is 14.3. The maximum atomic E-state index is 13.1. The molecule has 0 aliphatic carbocycles. The van der Waals surface area contributed by atoms with E-state index in [1.54, 1.807) is 18.4 Å². The second kappa shape index (κ2) is 6.34. The number of halogens is 1. The molecule has 1 amide bonds. The summed E-state index contributed by atoms with van der Waals surface area (Å²) in [6.07, 6.45) is 1.60. The van der Waals surface area contributed by atoms with Crippen LogP contribution in [0.4, 0.5) is 4.39 Å². The van der Waals surface area contributed by atoms with Gasteiger partial charge >= 0.3 is 0 Å². The van der Waals surface area contributed by atoms with Crippen molar-refractivity contribution in [2.24, 2.45) is 0 Å². The molecule has 1 aromatic heterocycles. The predicted octanol–water partition coefficient (Wildman–Crippen LogP) is 2.45. The number of furan rings is 1. The number of nitrogens with one attached hydrogen (secondary N) is 1. The Labute approximate surface area is 117 Å². The average Bonchev–Trinajstić information content (AvgIpc) is 2.92. The molecule has 0 aliphatic heterocycles. The summed E-state index contributed by atoms with van der Waals surface area (Å²) in [5.74, 6) is 0.0466. The highest BCUT2D eigenvalue weighted by molar-refractivity contribution is 5.94. The van der Waals surface area contributed by atoms with Gasteiger partial charge in [0.25, 0.3) is 5.91 Å². The third-order valence-corrected chi connectivity index (χ3v) is 3.04. The maximum absolute atomic E-state index is 13.1. The molecule has 0 spiro atoms. The van der Waals surface area contributed by atoms with E-state index in [0.29, 0.717) is 12.1 Å². The summed E-state index contributed by atoms with van der Waals surface area (Å²) in [4.78, 5) is 13.9. The molecule has 2 rings (SSSR count). The van der Waals surface area contributed by atoms with Gasteiger partial charge in [-0.25, -0.2) is 4.39 Å². The van der Waals surface area contributed by atoms with Crippen molar-refractivity contribution < 1.29 is 13.6 Å². The largest absolute Gasteiger partial charge is 0.468 e. The Morgan fingerprint density at radius 3 is 2.75 bits per heavy atom. The molecule has 20 heavy (non-hydrogen) atoms. The minimum Gasteiger partial charge on any atom is -0.468 e. The third-order valence-electron chi connectivity index (χ3n) is 3.04. The van der Waals surface area contributed by atoms with Crippen LogP contribution in [-0.2, 0) is 0 Å². The number of likely N-dealkylation sites (N-methyl/N-ethyl adjacent to an activating group) is 1. The van der Waals surface area contributed by atoms with E-state index in [4.69, 9.17) is 4.42 Å². The highest BCUT2D eigenvalue weighted by atomic mass is 19.1. The van der Waals surface area contributed by atoms with Gasteiger partial charge in [-0.1, -0.05) is 6.07 Å². The van der Waals surface area contributed by atoms with Crippen molar-refractivity contribution >= 4 is 5.91 Å². The lowest BCUT2D eigenvalue weighted by molar-refractivity contribution is 0.0938. The molecule has 0 saturated heterocycles. The van der Waals surface area contributed by atoms with Crippen LogP contribution in [0.15, 0.2) is 47.1 Å². The summed E-state index contributed by atoms with van der Waals surface area (Å²) in [6.45, 7) is 0.385. The van der Waals surface area contributed by atoms with E-state index >= 15 is 0 Å². The molecular formula is C15H17FN2O2. The van der Waals surface area contributed by atoms with Crippen molar-refractivity contribution in [2.45, 2.75) is 6.04 Å². The smallest absolute Gasteiger partial charge is 0.251 e. The zero-order valence-electron chi connectivity index (χ0n) is 11.5. The maximum Gasteiger partial charge on any atom is 0.251 e. The second-order valence-corrected chi connectivity index (χ2v) is 4.72. The van der Waals surface area contributed by atoms with Gasteiger partial charge in [-0.15, -0.1) is 0 Å². The van der Waals surface area contributed by atoms with Gasteiger partial charge in [0.1, 0.15) is 11.6 Å². The molecule has 1 aromatic carbocycles. The summed E-state index contributed by atoms with van der Waals surface area (Å²) in [7, 11) is 3.81. The second-order valence-electron chi connectivity index (χ2n) is 4.72.